The van der Waals surface area contributed by atoms with Crippen molar-refractivity contribution < 1.29 is 18.8 Å². The molecule has 4 atom stereocenters. The molecular formula is C22H30N4O4. The molecule has 5 rings (SSSR count). The van der Waals surface area contributed by atoms with Gasteiger partial charge in [0.05, 0.1) is 31.0 Å². The number of carbonyl (C=O) groups excluding carboxylic acids is 2. The number of hydrogen-bond donors (Lipinski definition) is 0. The first-order valence-corrected chi connectivity index (χ1v) is 11.2. The molecule has 1 saturated carbocycles. The van der Waals surface area contributed by atoms with Crippen LogP contribution in [0.15, 0.2) is 16.7 Å². The zero-order chi connectivity index (χ0) is 21.0. The van der Waals surface area contributed by atoms with E-state index in [2.05, 4.69) is 24.0 Å². The molecule has 3 aliphatic heterocycles. The van der Waals surface area contributed by atoms with Gasteiger partial charge in [-0.1, -0.05) is 37.6 Å². The van der Waals surface area contributed by atoms with Crippen molar-refractivity contribution in [3.8, 4) is 0 Å². The first-order valence-electron chi connectivity index (χ1n) is 11.2. The summed E-state index contributed by atoms with van der Waals surface area (Å²) < 4.78 is 11.6. The Labute approximate surface area is 176 Å². The van der Waals surface area contributed by atoms with Gasteiger partial charge in [-0.3, -0.25) is 9.59 Å². The highest BCUT2D eigenvalue weighted by Gasteiger charge is 2.67. The van der Waals surface area contributed by atoms with E-state index in [4.69, 9.17) is 9.26 Å². The summed E-state index contributed by atoms with van der Waals surface area (Å²) >= 11 is 0. The van der Waals surface area contributed by atoms with Crippen LogP contribution in [0.25, 0.3) is 0 Å². The van der Waals surface area contributed by atoms with Crippen LogP contribution in [0.2, 0.25) is 0 Å². The second-order valence-corrected chi connectivity index (χ2v) is 9.21. The first kappa shape index (κ1) is 19.7. The van der Waals surface area contributed by atoms with E-state index in [1.165, 1.54) is 6.42 Å². The summed E-state index contributed by atoms with van der Waals surface area (Å²) in [5.74, 6) is 0.569. The largest absolute Gasteiger partial charge is 0.360 e. The molecule has 162 valence electrons. The SMILES string of the molecule is CCC(CC)N1C[C@]23C=C[C@H](O2)C(C(=O)N(C)Cc2noc(C4CCC4)n2)C3C1=O. The molecule has 4 heterocycles. The number of carbonyl (C=O) groups is 2. The third kappa shape index (κ3) is 2.83. The van der Waals surface area contributed by atoms with Crippen molar-refractivity contribution in [2.45, 2.75) is 76.2 Å². The standard InChI is InChI=1S/C22H30N4O4/c1-4-14(5-2)26-12-22-10-9-15(29-22)17(18(22)21(26)28)20(27)25(3)11-16-23-19(30-24-16)13-7-6-8-13/h9-10,13-15,17-18H,4-8,11-12H2,1-3H3/t15-,17?,18?,22-/m0/s1. The predicted octanol–water partition coefficient (Wildman–Crippen LogP) is 2.27. The third-order valence-electron chi connectivity index (χ3n) is 7.49. The quantitative estimate of drug-likeness (QED) is 0.636. The van der Waals surface area contributed by atoms with E-state index in [9.17, 15) is 9.59 Å². The van der Waals surface area contributed by atoms with Crippen LogP contribution in [-0.4, -0.2) is 63.1 Å². The highest BCUT2D eigenvalue weighted by atomic mass is 16.5. The lowest BCUT2D eigenvalue weighted by Crippen LogP contribution is -2.45. The van der Waals surface area contributed by atoms with Crippen LogP contribution in [0.3, 0.4) is 0 Å². The van der Waals surface area contributed by atoms with Gasteiger partial charge in [-0.2, -0.15) is 4.98 Å². The van der Waals surface area contributed by atoms with Gasteiger partial charge in [-0.15, -0.1) is 0 Å². The molecule has 0 radical (unpaired) electrons. The van der Waals surface area contributed by atoms with Crippen molar-refractivity contribution in [3.63, 3.8) is 0 Å². The van der Waals surface area contributed by atoms with Crippen LogP contribution in [0, 0.1) is 11.8 Å². The summed E-state index contributed by atoms with van der Waals surface area (Å²) in [4.78, 5) is 34.8. The third-order valence-corrected chi connectivity index (χ3v) is 7.49. The Morgan fingerprint density at radius 1 is 1.37 bits per heavy atom. The van der Waals surface area contributed by atoms with Crippen molar-refractivity contribution in [1.82, 2.24) is 19.9 Å². The predicted molar refractivity (Wildman–Crippen MR) is 107 cm³/mol. The molecule has 2 unspecified atom stereocenters. The summed E-state index contributed by atoms with van der Waals surface area (Å²) in [6.07, 6.45) is 8.80. The molecule has 3 fully saturated rings. The minimum Gasteiger partial charge on any atom is -0.360 e. The fraction of sp³-hybridized carbons (Fsp3) is 0.727. The van der Waals surface area contributed by atoms with Crippen molar-refractivity contribution in [1.29, 1.82) is 0 Å². The number of nitrogens with zero attached hydrogens (tertiary/aromatic N) is 4. The summed E-state index contributed by atoms with van der Waals surface area (Å²) in [6, 6.07) is 0.186. The van der Waals surface area contributed by atoms with Gasteiger partial charge >= 0.3 is 0 Å². The van der Waals surface area contributed by atoms with Gasteiger partial charge in [0, 0.05) is 19.0 Å². The van der Waals surface area contributed by atoms with Crippen molar-refractivity contribution in [2.24, 2.45) is 11.8 Å². The molecule has 30 heavy (non-hydrogen) atoms. The lowest BCUT2D eigenvalue weighted by atomic mass is 9.76. The Balaban J connectivity index is 1.32. The Kier molecular flexibility index (Phi) is 4.72. The molecule has 1 spiro atoms. The summed E-state index contributed by atoms with van der Waals surface area (Å²) in [6.45, 7) is 5.01. The number of hydrogen-bond acceptors (Lipinski definition) is 6. The van der Waals surface area contributed by atoms with Crippen LogP contribution in [0.4, 0.5) is 0 Å². The molecule has 1 aliphatic carbocycles. The number of fused-ring (bicyclic) bond motifs is 1. The topological polar surface area (TPSA) is 88.8 Å². The van der Waals surface area contributed by atoms with E-state index in [0.29, 0.717) is 24.2 Å². The normalized spacial score (nSPS) is 32.2. The maximum atomic E-state index is 13.4. The molecule has 4 aliphatic rings. The maximum Gasteiger partial charge on any atom is 0.230 e. The van der Waals surface area contributed by atoms with Gasteiger partial charge in [0.25, 0.3) is 0 Å². The molecule has 1 aromatic heterocycles. The van der Waals surface area contributed by atoms with E-state index in [1.807, 2.05) is 17.1 Å². The number of ether oxygens (including phenoxy) is 1. The van der Waals surface area contributed by atoms with E-state index in [1.54, 1.807) is 11.9 Å². The van der Waals surface area contributed by atoms with Crippen LogP contribution in [0.5, 0.6) is 0 Å². The molecular weight excluding hydrogens is 384 g/mol. The molecule has 2 saturated heterocycles. The molecule has 0 aromatic carbocycles. The fourth-order valence-electron chi connectivity index (χ4n) is 5.55. The summed E-state index contributed by atoms with van der Waals surface area (Å²) in [7, 11) is 1.74. The van der Waals surface area contributed by atoms with Gasteiger partial charge in [0.2, 0.25) is 17.7 Å². The van der Waals surface area contributed by atoms with Gasteiger partial charge in [-0.25, -0.2) is 0 Å². The summed E-state index contributed by atoms with van der Waals surface area (Å²) in [5.41, 5.74) is -0.658. The van der Waals surface area contributed by atoms with E-state index in [-0.39, 0.29) is 30.5 Å². The minimum absolute atomic E-state index is 0.0501. The lowest BCUT2D eigenvalue weighted by molar-refractivity contribution is -0.143. The number of likely N-dealkylation sites (tertiary alicyclic amines) is 1. The van der Waals surface area contributed by atoms with Crippen LogP contribution in [0.1, 0.15) is 63.6 Å². The first-order chi connectivity index (χ1) is 14.5. The van der Waals surface area contributed by atoms with Crippen molar-refractivity contribution in [2.75, 3.05) is 13.6 Å². The molecule has 0 N–H and O–H groups in total. The van der Waals surface area contributed by atoms with E-state index >= 15 is 0 Å². The second kappa shape index (κ2) is 7.18. The highest BCUT2D eigenvalue weighted by molar-refractivity contribution is 5.93. The Morgan fingerprint density at radius 3 is 2.80 bits per heavy atom. The zero-order valence-electron chi connectivity index (χ0n) is 17.9. The maximum absolute atomic E-state index is 13.4. The van der Waals surface area contributed by atoms with Crippen LogP contribution in [-0.2, 0) is 20.9 Å². The van der Waals surface area contributed by atoms with Gasteiger partial charge < -0.3 is 19.1 Å². The summed E-state index contributed by atoms with van der Waals surface area (Å²) in [5, 5.41) is 4.05. The zero-order valence-corrected chi connectivity index (χ0v) is 17.9. The van der Waals surface area contributed by atoms with Crippen molar-refractivity contribution in [3.05, 3.63) is 23.9 Å². The second-order valence-electron chi connectivity index (χ2n) is 9.21. The number of aromatic nitrogens is 2. The van der Waals surface area contributed by atoms with Gasteiger partial charge in [0.15, 0.2) is 5.82 Å². The Bertz CT molecular complexity index is 874. The van der Waals surface area contributed by atoms with Crippen LogP contribution >= 0.6 is 0 Å². The highest BCUT2D eigenvalue weighted by Crippen LogP contribution is 2.53. The van der Waals surface area contributed by atoms with Crippen LogP contribution < -0.4 is 0 Å². The molecule has 8 heteroatoms. The Hall–Kier alpha value is -2.22. The number of amides is 2. The minimum atomic E-state index is -0.658. The average molecular weight is 415 g/mol. The smallest absolute Gasteiger partial charge is 0.230 e. The average Bonchev–Trinajstić information content (AvgIpc) is 3.43. The van der Waals surface area contributed by atoms with Gasteiger partial charge in [-0.05, 0) is 25.7 Å². The fourth-order valence-corrected chi connectivity index (χ4v) is 5.55. The van der Waals surface area contributed by atoms with Gasteiger partial charge in [0.1, 0.15) is 5.60 Å². The molecule has 2 bridgehead atoms. The molecule has 1 aromatic rings. The van der Waals surface area contributed by atoms with E-state index in [0.717, 1.165) is 25.7 Å². The molecule has 8 nitrogen and oxygen atoms in total. The van der Waals surface area contributed by atoms with Crippen molar-refractivity contribution >= 4 is 11.8 Å². The lowest BCUT2D eigenvalue weighted by Gasteiger charge is -2.29. The molecule has 2 amide bonds. The van der Waals surface area contributed by atoms with E-state index < -0.39 is 17.4 Å². The number of rotatable bonds is 7. The monoisotopic (exact) mass is 414 g/mol. The Morgan fingerprint density at radius 2 is 2.13 bits per heavy atom.